The van der Waals surface area contributed by atoms with Crippen molar-refractivity contribution >= 4 is 11.9 Å². The van der Waals surface area contributed by atoms with Crippen LogP contribution in [0.3, 0.4) is 0 Å². The molecule has 0 bridgehead atoms. The van der Waals surface area contributed by atoms with Gasteiger partial charge in [-0.1, -0.05) is 0 Å². The maximum Gasteiger partial charge on any atom is 0.203 e. The molecule has 5 heteroatoms. The van der Waals surface area contributed by atoms with Gasteiger partial charge in [-0.05, 0) is 25.1 Å². The van der Waals surface area contributed by atoms with Crippen molar-refractivity contribution in [2.24, 2.45) is 14.1 Å². The Kier molecular flexibility index (Phi) is 2.91. The van der Waals surface area contributed by atoms with Gasteiger partial charge < -0.3 is 0 Å². The van der Waals surface area contributed by atoms with Gasteiger partial charge in [-0.2, -0.15) is 10.2 Å². The third-order valence-electron chi connectivity index (χ3n) is 2.41. The lowest BCUT2D eigenvalue weighted by atomic mass is 10.2. The first-order valence-electron chi connectivity index (χ1n) is 5.28. The summed E-state index contributed by atoms with van der Waals surface area (Å²) in [6, 6.07) is 1.77. The van der Waals surface area contributed by atoms with E-state index in [2.05, 4.69) is 10.2 Å². The summed E-state index contributed by atoms with van der Waals surface area (Å²) in [4.78, 5) is 11.9. The van der Waals surface area contributed by atoms with Crippen LogP contribution in [0.5, 0.6) is 0 Å². The van der Waals surface area contributed by atoms with Crippen LogP contribution in [0.1, 0.15) is 21.7 Å². The second-order valence-electron chi connectivity index (χ2n) is 3.94. The Morgan fingerprint density at radius 2 is 2.18 bits per heavy atom. The van der Waals surface area contributed by atoms with Crippen molar-refractivity contribution in [2.75, 3.05) is 0 Å². The molecule has 5 nitrogen and oxygen atoms in total. The molecule has 0 N–H and O–H groups in total. The van der Waals surface area contributed by atoms with Crippen molar-refractivity contribution in [3.05, 3.63) is 41.5 Å². The highest BCUT2D eigenvalue weighted by atomic mass is 16.1. The molecule has 0 aliphatic heterocycles. The summed E-state index contributed by atoms with van der Waals surface area (Å²) in [6.07, 6.45) is 6.84. The van der Waals surface area contributed by atoms with Crippen molar-refractivity contribution in [1.29, 1.82) is 0 Å². The number of nitrogens with zero attached hydrogens (tertiary/aromatic N) is 4. The van der Waals surface area contributed by atoms with Gasteiger partial charge >= 0.3 is 0 Å². The molecule has 17 heavy (non-hydrogen) atoms. The van der Waals surface area contributed by atoms with E-state index in [1.807, 2.05) is 20.2 Å². The number of hydrogen-bond acceptors (Lipinski definition) is 3. The summed E-state index contributed by atoms with van der Waals surface area (Å²) in [5.41, 5.74) is 2.33. The van der Waals surface area contributed by atoms with E-state index in [0.717, 1.165) is 11.3 Å². The zero-order valence-electron chi connectivity index (χ0n) is 10.1. The van der Waals surface area contributed by atoms with Gasteiger partial charge in [-0.15, -0.1) is 0 Å². The molecule has 0 radical (unpaired) electrons. The predicted octanol–water partition coefficient (Wildman–Crippen LogP) is 1.36. The molecule has 2 rings (SSSR count). The first-order chi connectivity index (χ1) is 8.06. The number of ketones is 1. The Balaban J connectivity index is 2.17. The van der Waals surface area contributed by atoms with Gasteiger partial charge in [-0.3, -0.25) is 14.2 Å². The number of aryl methyl sites for hydroxylation is 3. The molecule has 0 atom stereocenters. The van der Waals surface area contributed by atoms with E-state index in [0.29, 0.717) is 5.69 Å². The van der Waals surface area contributed by atoms with E-state index in [1.165, 1.54) is 6.08 Å². The van der Waals surface area contributed by atoms with Crippen LogP contribution >= 0.6 is 0 Å². The highest BCUT2D eigenvalue weighted by Gasteiger charge is 2.08. The summed E-state index contributed by atoms with van der Waals surface area (Å²) in [5.74, 6) is -0.0584. The number of carbonyl (C=O) groups is 1. The molecule has 0 aliphatic carbocycles. The van der Waals surface area contributed by atoms with Gasteiger partial charge in [0.05, 0.1) is 11.9 Å². The van der Waals surface area contributed by atoms with Crippen molar-refractivity contribution in [3.8, 4) is 0 Å². The monoisotopic (exact) mass is 230 g/mol. The van der Waals surface area contributed by atoms with Gasteiger partial charge in [0.25, 0.3) is 0 Å². The van der Waals surface area contributed by atoms with E-state index in [-0.39, 0.29) is 5.78 Å². The Morgan fingerprint density at radius 3 is 2.71 bits per heavy atom. The van der Waals surface area contributed by atoms with Gasteiger partial charge in [0.15, 0.2) is 0 Å². The number of allylic oxidation sites excluding steroid dienone is 1. The van der Waals surface area contributed by atoms with Crippen molar-refractivity contribution < 1.29 is 4.79 Å². The second-order valence-corrected chi connectivity index (χ2v) is 3.94. The minimum atomic E-state index is -0.0584. The fraction of sp³-hybridized carbons (Fsp3) is 0.250. The molecule has 0 spiro atoms. The van der Waals surface area contributed by atoms with Crippen LogP contribution in [0.25, 0.3) is 6.08 Å². The third-order valence-corrected chi connectivity index (χ3v) is 2.41. The molecule has 0 aromatic carbocycles. The van der Waals surface area contributed by atoms with Crippen molar-refractivity contribution in [3.63, 3.8) is 0 Å². The van der Waals surface area contributed by atoms with Crippen molar-refractivity contribution in [1.82, 2.24) is 19.6 Å². The first kappa shape index (κ1) is 11.3. The van der Waals surface area contributed by atoms with E-state index < -0.39 is 0 Å². The summed E-state index contributed by atoms with van der Waals surface area (Å²) >= 11 is 0. The Hall–Kier alpha value is -2.17. The highest BCUT2D eigenvalue weighted by Crippen LogP contribution is 2.06. The average Bonchev–Trinajstić information content (AvgIpc) is 2.81. The molecule has 0 amide bonds. The van der Waals surface area contributed by atoms with Crippen LogP contribution in [0.4, 0.5) is 0 Å². The lowest BCUT2D eigenvalue weighted by Crippen LogP contribution is -2.03. The van der Waals surface area contributed by atoms with Crippen LogP contribution in [0.2, 0.25) is 0 Å². The number of hydrogen-bond donors (Lipinski definition) is 0. The number of aromatic nitrogens is 4. The van der Waals surface area contributed by atoms with Gasteiger partial charge in [0, 0.05) is 25.9 Å². The van der Waals surface area contributed by atoms with E-state index >= 15 is 0 Å². The topological polar surface area (TPSA) is 52.7 Å². The van der Waals surface area contributed by atoms with Crippen LogP contribution in [0, 0.1) is 6.92 Å². The zero-order valence-corrected chi connectivity index (χ0v) is 10.1. The molecule has 2 aromatic heterocycles. The fourth-order valence-electron chi connectivity index (χ4n) is 1.62. The molecule has 0 fully saturated rings. The van der Waals surface area contributed by atoms with Gasteiger partial charge in [-0.25, -0.2) is 0 Å². The summed E-state index contributed by atoms with van der Waals surface area (Å²) in [7, 11) is 3.60. The van der Waals surface area contributed by atoms with E-state index in [4.69, 9.17) is 0 Å². The molecular weight excluding hydrogens is 216 g/mol. The zero-order chi connectivity index (χ0) is 12.4. The SMILES string of the molecule is Cc1cc(C(=O)/C=C/c2cnn(C)c2)n(C)n1. The third kappa shape index (κ3) is 2.50. The number of carbonyl (C=O) groups excluding carboxylic acids is 1. The molecule has 0 saturated carbocycles. The average molecular weight is 230 g/mol. The second kappa shape index (κ2) is 4.37. The van der Waals surface area contributed by atoms with Gasteiger partial charge in [0.2, 0.25) is 5.78 Å². The first-order valence-corrected chi connectivity index (χ1v) is 5.28. The minimum Gasteiger partial charge on any atom is -0.288 e. The van der Waals surface area contributed by atoms with Crippen LogP contribution in [-0.2, 0) is 14.1 Å². The summed E-state index contributed by atoms with van der Waals surface area (Å²) < 4.78 is 3.28. The van der Waals surface area contributed by atoms with Crippen LogP contribution < -0.4 is 0 Å². The lowest BCUT2D eigenvalue weighted by Gasteiger charge is -1.94. The normalized spacial score (nSPS) is 11.2. The molecule has 88 valence electrons. The lowest BCUT2D eigenvalue weighted by molar-refractivity contribution is 0.103. The molecule has 2 heterocycles. The van der Waals surface area contributed by atoms with Gasteiger partial charge in [0.1, 0.15) is 5.69 Å². The maximum absolute atomic E-state index is 11.9. The quantitative estimate of drug-likeness (QED) is 0.591. The molecule has 2 aromatic rings. The largest absolute Gasteiger partial charge is 0.288 e. The molecule has 0 saturated heterocycles. The Labute approximate surface area is 99.4 Å². The minimum absolute atomic E-state index is 0.0584. The maximum atomic E-state index is 11.9. The Morgan fingerprint density at radius 1 is 1.41 bits per heavy atom. The van der Waals surface area contributed by atoms with Crippen LogP contribution in [0.15, 0.2) is 24.5 Å². The Bertz CT molecular complexity index is 577. The van der Waals surface area contributed by atoms with E-state index in [1.54, 1.807) is 34.8 Å². The number of rotatable bonds is 3. The fourth-order valence-corrected chi connectivity index (χ4v) is 1.62. The summed E-state index contributed by atoms with van der Waals surface area (Å²) in [5, 5.41) is 8.16. The predicted molar refractivity (Wildman–Crippen MR) is 64.5 cm³/mol. The van der Waals surface area contributed by atoms with Crippen molar-refractivity contribution in [2.45, 2.75) is 6.92 Å². The standard InChI is InChI=1S/C12H14N4O/c1-9-6-11(16(3)14-9)12(17)5-4-10-7-13-15(2)8-10/h4-8H,1-3H3/b5-4+. The molecular formula is C12H14N4O. The molecule has 0 unspecified atom stereocenters. The summed E-state index contributed by atoms with van der Waals surface area (Å²) in [6.45, 7) is 1.86. The highest BCUT2D eigenvalue weighted by molar-refractivity contribution is 6.05. The smallest absolute Gasteiger partial charge is 0.203 e. The molecule has 0 aliphatic rings. The van der Waals surface area contributed by atoms with E-state index in [9.17, 15) is 4.79 Å². The van der Waals surface area contributed by atoms with Crippen LogP contribution in [-0.4, -0.2) is 25.3 Å².